The van der Waals surface area contributed by atoms with Gasteiger partial charge in [0, 0.05) is 10.6 Å². The van der Waals surface area contributed by atoms with Crippen LogP contribution in [0.3, 0.4) is 0 Å². The lowest BCUT2D eigenvalue weighted by atomic mass is 9.95. The van der Waals surface area contributed by atoms with E-state index >= 15 is 0 Å². The van der Waals surface area contributed by atoms with Crippen LogP contribution in [0.25, 0.3) is 5.76 Å². The van der Waals surface area contributed by atoms with Gasteiger partial charge in [-0.1, -0.05) is 23.7 Å². The molecule has 1 aliphatic heterocycles. The summed E-state index contributed by atoms with van der Waals surface area (Å²) >= 11 is 6.04. The second-order valence-corrected chi connectivity index (χ2v) is 7.91. The Morgan fingerprint density at radius 1 is 1.16 bits per heavy atom. The second-order valence-electron chi connectivity index (χ2n) is 7.47. The van der Waals surface area contributed by atoms with Crippen molar-refractivity contribution < 1.29 is 23.8 Å². The van der Waals surface area contributed by atoms with Gasteiger partial charge in [0.25, 0.3) is 11.7 Å². The first kappa shape index (κ1) is 21.7. The number of aryl methyl sites for hydroxylation is 1. The maximum atomic E-state index is 13.1. The predicted molar refractivity (Wildman–Crippen MR) is 120 cm³/mol. The molecule has 1 saturated heterocycles. The molecule has 1 aliphatic rings. The molecule has 0 radical (unpaired) electrons. The van der Waals surface area contributed by atoms with Crippen molar-refractivity contribution in [3.8, 4) is 5.75 Å². The standard InChI is InChI=1S/C25H22ClNO5/c1-3-31-20-11-8-17(13-15(20)2)23(28)21-22(16-6-9-18(26)10-7-16)27(25(30)24(21)29)14-19-5-4-12-32-19/h4-13,22,28H,3,14H2,1-2H3/b23-21-. The van der Waals surface area contributed by atoms with Crippen molar-refractivity contribution in [1.29, 1.82) is 0 Å². The van der Waals surface area contributed by atoms with Gasteiger partial charge in [-0.2, -0.15) is 0 Å². The number of furan rings is 1. The van der Waals surface area contributed by atoms with Gasteiger partial charge in [-0.25, -0.2) is 0 Å². The van der Waals surface area contributed by atoms with Crippen molar-refractivity contribution in [2.24, 2.45) is 0 Å². The van der Waals surface area contributed by atoms with E-state index in [0.717, 1.165) is 5.56 Å². The van der Waals surface area contributed by atoms with Gasteiger partial charge in [0.1, 0.15) is 17.3 Å². The number of halogens is 1. The molecule has 1 N–H and O–H groups in total. The van der Waals surface area contributed by atoms with Crippen molar-refractivity contribution in [3.05, 3.63) is 93.9 Å². The highest BCUT2D eigenvalue weighted by Gasteiger charge is 2.46. The Morgan fingerprint density at radius 2 is 1.91 bits per heavy atom. The number of benzene rings is 2. The Labute approximate surface area is 190 Å². The number of ether oxygens (including phenoxy) is 1. The summed E-state index contributed by atoms with van der Waals surface area (Å²) in [5, 5.41) is 11.7. The fourth-order valence-electron chi connectivity index (χ4n) is 3.87. The van der Waals surface area contributed by atoms with Crippen molar-refractivity contribution in [1.82, 2.24) is 4.90 Å². The number of aliphatic hydroxyl groups is 1. The van der Waals surface area contributed by atoms with Crippen molar-refractivity contribution in [3.63, 3.8) is 0 Å². The summed E-state index contributed by atoms with van der Waals surface area (Å²) < 4.78 is 11.0. The first-order valence-electron chi connectivity index (χ1n) is 10.2. The number of Topliss-reactive ketones (excluding diaryl/α,β-unsaturated/α-hetero) is 1. The number of carbonyl (C=O) groups is 2. The lowest BCUT2D eigenvalue weighted by molar-refractivity contribution is -0.140. The van der Waals surface area contributed by atoms with Crippen LogP contribution in [0.4, 0.5) is 0 Å². The number of carbonyl (C=O) groups excluding carboxylic acids is 2. The molecule has 6 nitrogen and oxygen atoms in total. The largest absolute Gasteiger partial charge is 0.507 e. The minimum atomic E-state index is -0.788. The zero-order chi connectivity index (χ0) is 22.8. The summed E-state index contributed by atoms with van der Waals surface area (Å²) in [4.78, 5) is 27.5. The maximum Gasteiger partial charge on any atom is 0.296 e. The van der Waals surface area contributed by atoms with Crippen molar-refractivity contribution in [2.45, 2.75) is 26.4 Å². The maximum absolute atomic E-state index is 13.1. The van der Waals surface area contributed by atoms with Gasteiger partial charge in [0.2, 0.25) is 0 Å². The minimum Gasteiger partial charge on any atom is -0.507 e. The number of amides is 1. The molecule has 0 spiro atoms. The summed E-state index contributed by atoms with van der Waals surface area (Å²) in [6.07, 6.45) is 1.51. The molecule has 3 aromatic rings. The summed E-state index contributed by atoms with van der Waals surface area (Å²) in [6, 6.07) is 14.7. The predicted octanol–water partition coefficient (Wildman–Crippen LogP) is 5.26. The van der Waals surface area contributed by atoms with Crippen molar-refractivity contribution in [2.75, 3.05) is 6.61 Å². The van der Waals surface area contributed by atoms with Gasteiger partial charge in [-0.05, 0) is 67.4 Å². The Morgan fingerprint density at radius 3 is 2.53 bits per heavy atom. The molecular weight excluding hydrogens is 430 g/mol. The molecular formula is C25H22ClNO5. The molecule has 1 atom stereocenters. The van der Waals surface area contributed by atoms with E-state index in [2.05, 4.69) is 0 Å². The Bertz CT molecular complexity index is 1180. The topological polar surface area (TPSA) is 80.0 Å². The Balaban J connectivity index is 1.84. The molecule has 2 aromatic carbocycles. The van der Waals surface area contributed by atoms with Crippen LogP contribution < -0.4 is 4.74 Å². The molecule has 1 unspecified atom stereocenters. The molecule has 32 heavy (non-hydrogen) atoms. The monoisotopic (exact) mass is 451 g/mol. The van der Waals surface area contributed by atoms with E-state index in [-0.39, 0.29) is 17.9 Å². The molecule has 0 bridgehead atoms. The average Bonchev–Trinajstić information content (AvgIpc) is 3.38. The molecule has 2 heterocycles. The van der Waals surface area contributed by atoms with Crippen LogP contribution in [-0.2, 0) is 16.1 Å². The summed E-state index contributed by atoms with van der Waals surface area (Å²) in [5.41, 5.74) is 1.92. The molecule has 1 fully saturated rings. The van der Waals surface area contributed by atoms with Crippen LogP contribution >= 0.6 is 11.6 Å². The highest BCUT2D eigenvalue weighted by molar-refractivity contribution is 6.46. The number of rotatable bonds is 6. The Hall–Kier alpha value is -3.51. The molecule has 1 amide bonds. The molecule has 0 aliphatic carbocycles. The quantitative estimate of drug-likeness (QED) is 0.314. The first-order valence-corrected chi connectivity index (χ1v) is 10.6. The minimum absolute atomic E-state index is 0.0208. The zero-order valence-electron chi connectivity index (χ0n) is 17.7. The van der Waals surface area contributed by atoms with E-state index in [1.165, 1.54) is 11.2 Å². The third-order valence-electron chi connectivity index (χ3n) is 5.38. The second kappa shape index (κ2) is 8.93. The number of ketones is 1. The fourth-order valence-corrected chi connectivity index (χ4v) is 4.00. The molecule has 164 valence electrons. The number of hydrogen-bond acceptors (Lipinski definition) is 5. The van der Waals surface area contributed by atoms with E-state index < -0.39 is 17.7 Å². The smallest absolute Gasteiger partial charge is 0.296 e. The van der Waals surface area contributed by atoms with Crippen LogP contribution in [-0.4, -0.2) is 28.3 Å². The van der Waals surface area contributed by atoms with Crippen LogP contribution in [0, 0.1) is 6.92 Å². The van der Waals surface area contributed by atoms with E-state index in [4.69, 9.17) is 20.8 Å². The summed E-state index contributed by atoms with van der Waals surface area (Å²) in [7, 11) is 0. The van der Waals surface area contributed by atoms with Crippen LogP contribution in [0.1, 0.15) is 35.4 Å². The zero-order valence-corrected chi connectivity index (χ0v) is 18.4. The van der Waals surface area contributed by atoms with Gasteiger partial charge < -0.3 is 19.2 Å². The number of aliphatic hydroxyl groups excluding tert-OH is 1. The molecule has 7 heteroatoms. The molecule has 1 aromatic heterocycles. The first-order chi connectivity index (χ1) is 15.4. The van der Waals surface area contributed by atoms with Gasteiger partial charge >= 0.3 is 0 Å². The van der Waals surface area contributed by atoms with Crippen LogP contribution in [0.2, 0.25) is 5.02 Å². The highest BCUT2D eigenvalue weighted by atomic mass is 35.5. The van der Waals surface area contributed by atoms with Crippen LogP contribution in [0.5, 0.6) is 5.75 Å². The fraction of sp³-hybridized carbons (Fsp3) is 0.200. The van der Waals surface area contributed by atoms with Crippen molar-refractivity contribution >= 4 is 29.1 Å². The van der Waals surface area contributed by atoms with Crippen LogP contribution in [0.15, 0.2) is 70.9 Å². The average molecular weight is 452 g/mol. The summed E-state index contributed by atoms with van der Waals surface area (Å²) in [5.74, 6) is -0.471. The molecule has 0 saturated carbocycles. The molecule has 4 rings (SSSR count). The van der Waals surface area contributed by atoms with Gasteiger partial charge in [-0.3, -0.25) is 9.59 Å². The lowest BCUT2D eigenvalue weighted by Gasteiger charge is -2.24. The number of likely N-dealkylation sites (tertiary alicyclic amines) is 1. The normalized spacial score (nSPS) is 17.7. The van der Waals surface area contributed by atoms with Gasteiger partial charge in [0.05, 0.1) is 31.0 Å². The lowest BCUT2D eigenvalue weighted by Crippen LogP contribution is -2.29. The van der Waals surface area contributed by atoms with E-state index in [0.29, 0.717) is 34.3 Å². The summed E-state index contributed by atoms with van der Waals surface area (Å²) in [6.45, 7) is 4.35. The Kier molecular flexibility index (Phi) is 6.06. The van der Waals surface area contributed by atoms with Gasteiger partial charge in [-0.15, -0.1) is 0 Å². The highest BCUT2D eigenvalue weighted by Crippen LogP contribution is 2.41. The SMILES string of the molecule is CCOc1ccc(/C(O)=C2/C(=O)C(=O)N(Cc3ccco3)C2c2ccc(Cl)cc2)cc1C. The van der Waals surface area contributed by atoms with Gasteiger partial charge in [0.15, 0.2) is 0 Å². The van der Waals surface area contributed by atoms with E-state index in [9.17, 15) is 14.7 Å². The third-order valence-corrected chi connectivity index (χ3v) is 5.63. The third kappa shape index (κ3) is 4.01. The van der Waals surface area contributed by atoms with E-state index in [1.54, 1.807) is 54.6 Å². The van der Waals surface area contributed by atoms with E-state index in [1.807, 2.05) is 13.8 Å². The number of hydrogen-bond donors (Lipinski definition) is 1. The number of nitrogens with zero attached hydrogens (tertiary/aromatic N) is 1.